The van der Waals surface area contributed by atoms with Crippen molar-refractivity contribution < 1.29 is 9.90 Å². The van der Waals surface area contributed by atoms with E-state index in [1.54, 1.807) is 18.5 Å². The summed E-state index contributed by atoms with van der Waals surface area (Å²) in [7, 11) is 0. The molecule has 0 aromatic carbocycles. The first-order valence-electron chi connectivity index (χ1n) is 5.12. The summed E-state index contributed by atoms with van der Waals surface area (Å²) in [4.78, 5) is 15.1. The topological polar surface area (TPSA) is 62.2 Å². The minimum atomic E-state index is -0.848. The number of fused-ring (bicyclic) bond motifs is 1. The Kier molecular flexibility index (Phi) is 1.65. The Bertz CT molecular complexity index is 432. The minimum Gasteiger partial charge on any atom is -0.478 e. The fourth-order valence-corrected chi connectivity index (χ4v) is 2.74. The van der Waals surface area contributed by atoms with Gasteiger partial charge in [-0.3, -0.25) is 4.98 Å². The maximum absolute atomic E-state index is 11.1. The third-order valence-electron chi connectivity index (χ3n) is 3.65. The molecule has 2 heterocycles. The molecule has 2 atom stereocenters. The van der Waals surface area contributed by atoms with Crippen LogP contribution < -0.4 is 5.32 Å². The number of pyridine rings is 1. The number of rotatable bonds is 2. The molecular formula is C11H12N2O2. The smallest absolute Gasteiger partial charge is 0.336 e. The lowest BCUT2D eigenvalue weighted by Crippen LogP contribution is -2.21. The van der Waals surface area contributed by atoms with E-state index >= 15 is 0 Å². The molecule has 78 valence electrons. The number of nitrogens with one attached hydrogen (secondary N) is 1. The summed E-state index contributed by atoms with van der Waals surface area (Å²) in [6, 6.07) is 1.60. The predicted molar refractivity (Wildman–Crippen MR) is 53.9 cm³/mol. The van der Waals surface area contributed by atoms with Crippen molar-refractivity contribution in [3.63, 3.8) is 0 Å². The van der Waals surface area contributed by atoms with Crippen molar-refractivity contribution in [2.45, 2.75) is 11.8 Å². The van der Waals surface area contributed by atoms with Gasteiger partial charge in [-0.2, -0.15) is 0 Å². The molecule has 0 radical (unpaired) electrons. The van der Waals surface area contributed by atoms with E-state index in [9.17, 15) is 4.79 Å². The second-order valence-electron chi connectivity index (χ2n) is 4.41. The molecule has 1 aliphatic heterocycles. The molecule has 0 spiro atoms. The Morgan fingerprint density at radius 3 is 3.13 bits per heavy atom. The number of hydrogen-bond donors (Lipinski definition) is 2. The van der Waals surface area contributed by atoms with E-state index in [0.29, 0.717) is 11.5 Å². The molecule has 2 aliphatic rings. The molecule has 4 heteroatoms. The van der Waals surface area contributed by atoms with Crippen LogP contribution in [0.4, 0.5) is 0 Å². The van der Waals surface area contributed by atoms with E-state index in [1.165, 1.54) is 0 Å². The molecule has 1 aromatic rings. The van der Waals surface area contributed by atoms with Crippen LogP contribution in [0.2, 0.25) is 0 Å². The Morgan fingerprint density at radius 1 is 1.67 bits per heavy atom. The van der Waals surface area contributed by atoms with Crippen LogP contribution in [0.3, 0.4) is 0 Å². The normalized spacial score (nSPS) is 32.4. The van der Waals surface area contributed by atoms with Gasteiger partial charge in [0.15, 0.2) is 0 Å². The molecule has 4 nitrogen and oxygen atoms in total. The number of hydrogen-bond acceptors (Lipinski definition) is 3. The zero-order chi connectivity index (χ0) is 10.5. The van der Waals surface area contributed by atoms with Gasteiger partial charge in [-0.05, 0) is 30.5 Å². The van der Waals surface area contributed by atoms with Crippen molar-refractivity contribution in [3.8, 4) is 0 Å². The van der Waals surface area contributed by atoms with E-state index in [0.717, 1.165) is 25.1 Å². The van der Waals surface area contributed by atoms with Crippen molar-refractivity contribution in [1.82, 2.24) is 10.3 Å². The highest BCUT2D eigenvalue weighted by atomic mass is 16.4. The van der Waals surface area contributed by atoms with E-state index in [1.807, 2.05) is 0 Å². The standard InChI is InChI=1S/C11H12N2O2/c14-10(15)8-1-2-12-5-9(8)11-3-7(11)4-13-6-11/h1-2,5,7,13H,3-4,6H2,(H,14,15). The van der Waals surface area contributed by atoms with Gasteiger partial charge in [-0.15, -0.1) is 0 Å². The highest BCUT2D eigenvalue weighted by Gasteiger charge is 2.59. The van der Waals surface area contributed by atoms with E-state index in [-0.39, 0.29) is 5.41 Å². The summed E-state index contributed by atoms with van der Waals surface area (Å²) in [6.07, 6.45) is 4.37. The molecule has 1 aliphatic carbocycles. The lowest BCUT2D eigenvalue weighted by molar-refractivity contribution is 0.0694. The number of carbonyl (C=O) groups is 1. The quantitative estimate of drug-likeness (QED) is 0.742. The molecular weight excluding hydrogens is 192 g/mol. The lowest BCUT2D eigenvalue weighted by Gasteiger charge is -2.14. The van der Waals surface area contributed by atoms with Crippen molar-refractivity contribution in [3.05, 3.63) is 29.6 Å². The molecule has 2 N–H and O–H groups in total. The molecule has 1 saturated carbocycles. The summed E-state index contributed by atoms with van der Waals surface area (Å²) in [5.74, 6) is -0.237. The number of aromatic nitrogens is 1. The number of piperidine rings is 1. The fraction of sp³-hybridized carbons (Fsp3) is 0.455. The maximum Gasteiger partial charge on any atom is 0.336 e. The minimum absolute atomic E-state index is 0.0714. The Labute approximate surface area is 87.3 Å². The van der Waals surface area contributed by atoms with Gasteiger partial charge < -0.3 is 10.4 Å². The van der Waals surface area contributed by atoms with Gasteiger partial charge in [-0.1, -0.05) is 0 Å². The fourth-order valence-electron chi connectivity index (χ4n) is 2.74. The van der Waals surface area contributed by atoms with Gasteiger partial charge >= 0.3 is 5.97 Å². The van der Waals surface area contributed by atoms with E-state index in [2.05, 4.69) is 10.3 Å². The van der Waals surface area contributed by atoms with E-state index < -0.39 is 5.97 Å². The summed E-state index contributed by atoms with van der Waals surface area (Å²) < 4.78 is 0. The van der Waals surface area contributed by atoms with Crippen LogP contribution in [0.5, 0.6) is 0 Å². The highest BCUT2D eigenvalue weighted by Crippen LogP contribution is 2.56. The van der Waals surface area contributed by atoms with Gasteiger partial charge in [0.25, 0.3) is 0 Å². The van der Waals surface area contributed by atoms with E-state index in [4.69, 9.17) is 5.11 Å². The monoisotopic (exact) mass is 204 g/mol. The Balaban J connectivity index is 2.08. The molecule has 0 amide bonds. The highest BCUT2D eigenvalue weighted by molar-refractivity contribution is 5.90. The van der Waals surface area contributed by atoms with Crippen molar-refractivity contribution in [1.29, 1.82) is 0 Å². The van der Waals surface area contributed by atoms with Crippen LogP contribution >= 0.6 is 0 Å². The van der Waals surface area contributed by atoms with Crippen LogP contribution in [0.25, 0.3) is 0 Å². The van der Waals surface area contributed by atoms with Crippen molar-refractivity contribution in [2.75, 3.05) is 13.1 Å². The average Bonchev–Trinajstić information content (AvgIpc) is 2.82. The first-order valence-corrected chi connectivity index (χ1v) is 5.12. The SMILES string of the molecule is O=C(O)c1ccncc1C12CNCC1C2. The molecule has 1 aromatic heterocycles. The van der Waals surface area contributed by atoms with Gasteiger partial charge in [0, 0.05) is 24.4 Å². The summed E-state index contributed by atoms with van der Waals surface area (Å²) in [6.45, 7) is 1.90. The molecule has 2 unspecified atom stereocenters. The zero-order valence-electron chi connectivity index (χ0n) is 8.23. The van der Waals surface area contributed by atoms with Crippen molar-refractivity contribution >= 4 is 5.97 Å². The molecule has 0 bridgehead atoms. The second kappa shape index (κ2) is 2.79. The number of carboxylic acid groups (broad SMARTS) is 1. The number of carboxylic acids is 1. The van der Waals surface area contributed by atoms with Gasteiger partial charge in [-0.25, -0.2) is 4.79 Å². The first kappa shape index (κ1) is 8.85. The number of aromatic carboxylic acids is 1. The average molecular weight is 204 g/mol. The van der Waals surface area contributed by atoms with Crippen molar-refractivity contribution in [2.24, 2.45) is 5.92 Å². The largest absolute Gasteiger partial charge is 0.478 e. The maximum atomic E-state index is 11.1. The van der Waals surface area contributed by atoms with Crippen LogP contribution in [0.15, 0.2) is 18.5 Å². The molecule has 3 rings (SSSR count). The van der Waals surface area contributed by atoms with Crippen LogP contribution in [0.1, 0.15) is 22.3 Å². The summed E-state index contributed by atoms with van der Waals surface area (Å²) >= 11 is 0. The summed E-state index contributed by atoms with van der Waals surface area (Å²) in [5, 5.41) is 12.4. The first-order chi connectivity index (χ1) is 7.24. The third kappa shape index (κ3) is 1.11. The van der Waals surface area contributed by atoms with Crippen LogP contribution in [-0.2, 0) is 5.41 Å². The molecule has 2 fully saturated rings. The molecule has 15 heavy (non-hydrogen) atoms. The zero-order valence-corrected chi connectivity index (χ0v) is 8.23. The second-order valence-corrected chi connectivity index (χ2v) is 4.41. The third-order valence-corrected chi connectivity index (χ3v) is 3.65. The van der Waals surface area contributed by atoms with Gasteiger partial charge in [0.2, 0.25) is 0 Å². The predicted octanol–water partition coefficient (Wildman–Crippen LogP) is 0.641. The van der Waals surface area contributed by atoms with Gasteiger partial charge in [0.1, 0.15) is 0 Å². The van der Waals surface area contributed by atoms with Gasteiger partial charge in [0.05, 0.1) is 5.56 Å². The Morgan fingerprint density at radius 2 is 2.53 bits per heavy atom. The van der Waals surface area contributed by atoms with Crippen LogP contribution in [-0.4, -0.2) is 29.1 Å². The lowest BCUT2D eigenvalue weighted by atomic mass is 9.92. The number of nitrogens with zero attached hydrogens (tertiary/aromatic N) is 1. The van der Waals surface area contributed by atoms with Crippen LogP contribution in [0, 0.1) is 5.92 Å². The summed E-state index contributed by atoms with van der Waals surface area (Å²) in [5.41, 5.74) is 1.39. The molecule has 1 saturated heterocycles. The Hall–Kier alpha value is -1.42.